The summed E-state index contributed by atoms with van der Waals surface area (Å²) in [7, 11) is 5.10. The molecule has 742 valence electrons. The second-order valence-corrected chi connectivity index (χ2v) is 44.6. The number of nitrogens with two attached hydrogens (primary N) is 1. The highest BCUT2D eigenvalue weighted by Gasteiger charge is 2.25. The first-order valence-corrected chi connectivity index (χ1v) is 58.0. The van der Waals surface area contributed by atoms with E-state index in [9.17, 15) is 42.5 Å². The normalized spacial score (nSPS) is 12.1. The van der Waals surface area contributed by atoms with Crippen molar-refractivity contribution in [3.63, 3.8) is 0 Å². The quantitative estimate of drug-likeness (QED) is 0.0247. The SMILES string of the molecule is CCCCCCCCCOC(=O)CCCCCO.CCCCCCCCCOC(=O)CCCCCOP(=O)(CCCCCN(C)C)OCCCCCC(=O)OCCCCCCCCC.CCCCCCCCCOC(=O)CCCCCOP(=O)(Cl)OCCCCCC(=O)OCCCCCCCCC.CN(C)CCCCN.O=C1CCCCCO1.O=P(Cl)(Cl)Cl. The Hall–Kier alpha value is -1.65. The van der Waals surface area contributed by atoms with Gasteiger partial charge in [0.05, 0.1) is 72.2 Å². The van der Waals surface area contributed by atoms with Crippen LogP contribution in [0.15, 0.2) is 0 Å². The molecule has 124 heavy (non-hydrogen) atoms. The highest BCUT2D eigenvalue weighted by molar-refractivity contribution is 8.24. The first-order chi connectivity index (χ1) is 59.7. The topological polar surface area (TPSA) is 299 Å². The highest BCUT2D eigenvalue weighted by Crippen LogP contribution is 2.61. The van der Waals surface area contributed by atoms with Gasteiger partial charge in [-0.15, -0.1) is 0 Å². The van der Waals surface area contributed by atoms with Crippen LogP contribution in [0.4, 0.5) is 0 Å². The fourth-order valence-corrected chi connectivity index (χ4v) is 15.5. The van der Waals surface area contributed by atoms with Crippen molar-refractivity contribution in [2.24, 2.45) is 5.73 Å². The van der Waals surface area contributed by atoms with Crippen LogP contribution >= 0.6 is 64.7 Å². The minimum atomic E-state index is -3.60. The number of halogens is 4. The van der Waals surface area contributed by atoms with Crippen molar-refractivity contribution in [2.75, 3.05) is 127 Å². The van der Waals surface area contributed by atoms with Gasteiger partial charge in [-0.25, -0.2) is 4.57 Å². The second-order valence-electron chi connectivity index (χ2n) is 33.2. The van der Waals surface area contributed by atoms with E-state index in [2.05, 4.69) is 106 Å². The first kappa shape index (κ1) is 131. The number of hydrogen-bond donors (Lipinski definition) is 2. The van der Waals surface area contributed by atoms with E-state index in [4.69, 9.17) is 68.6 Å². The summed E-state index contributed by atoms with van der Waals surface area (Å²) in [6.45, 7) is 15.2. The highest BCUT2D eigenvalue weighted by atomic mass is 36.0. The lowest BCUT2D eigenvalue weighted by atomic mass is 10.1. The van der Waals surface area contributed by atoms with Gasteiger partial charge in [-0.1, -0.05) is 266 Å². The van der Waals surface area contributed by atoms with Gasteiger partial charge in [0.25, 0.3) is 0 Å². The van der Waals surface area contributed by atoms with Crippen LogP contribution in [0.3, 0.4) is 0 Å². The van der Waals surface area contributed by atoms with Crippen LogP contribution in [0.2, 0.25) is 0 Å². The number of carbonyl (C=O) groups is 6. The van der Waals surface area contributed by atoms with E-state index in [0.29, 0.717) is 123 Å². The van der Waals surface area contributed by atoms with E-state index >= 15 is 0 Å². The molecule has 1 heterocycles. The molecule has 1 saturated heterocycles. The molecular weight excluding hydrogens is 1730 g/mol. The summed E-state index contributed by atoms with van der Waals surface area (Å²) < 4.78 is 88.5. The van der Waals surface area contributed by atoms with Gasteiger partial charge in [0.1, 0.15) is 0 Å². The van der Waals surface area contributed by atoms with Crippen LogP contribution in [0, 0.1) is 0 Å². The van der Waals surface area contributed by atoms with Crippen LogP contribution in [-0.4, -0.2) is 177 Å². The third kappa shape index (κ3) is 124. The maximum Gasteiger partial charge on any atom is 0.424 e. The van der Waals surface area contributed by atoms with Crippen molar-refractivity contribution in [3.05, 3.63) is 0 Å². The molecule has 3 N–H and O–H groups in total. The number of esters is 6. The zero-order valence-corrected chi connectivity index (χ0v) is 86.1. The Kier molecular flexibility index (Phi) is 111. The lowest BCUT2D eigenvalue weighted by Crippen LogP contribution is -2.14. The molecule has 1 rings (SSSR count). The van der Waals surface area contributed by atoms with Crippen molar-refractivity contribution in [3.8, 4) is 0 Å². The van der Waals surface area contributed by atoms with Crippen molar-refractivity contribution in [2.45, 2.75) is 446 Å². The third-order valence-corrected chi connectivity index (χ3v) is 23.7. The Morgan fingerprint density at radius 1 is 0.331 bits per heavy atom. The molecule has 0 radical (unpaired) electrons. The zero-order valence-electron chi connectivity index (χ0n) is 80.4. The minimum Gasteiger partial charge on any atom is -0.466 e. The summed E-state index contributed by atoms with van der Waals surface area (Å²) in [5.74, 6) is -0.675. The number of aliphatic hydroxyl groups excluding tert-OH is 1. The smallest absolute Gasteiger partial charge is 0.424 e. The summed E-state index contributed by atoms with van der Waals surface area (Å²) in [5.41, 5.74) is 5.30. The third-order valence-electron chi connectivity index (χ3n) is 20.1. The summed E-state index contributed by atoms with van der Waals surface area (Å²) in [6, 6.07) is 0. The van der Waals surface area contributed by atoms with E-state index in [1.807, 2.05) is 0 Å². The molecule has 0 spiro atoms. The van der Waals surface area contributed by atoms with E-state index in [0.717, 1.165) is 193 Å². The molecule has 0 aliphatic carbocycles. The molecule has 0 atom stereocenters. The Labute approximate surface area is 777 Å². The van der Waals surface area contributed by atoms with Crippen LogP contribution < -0.4 is 5.73 Å². The Balaban J connectivity index is -0.000000534. The molecule has 1 aliphatic heterocycles. The predicted octanol–water partition coefficient (Wildman–Crippen LogP) is 28.8. The molecule has 0 saturated carbocycles. The lowest BCUT2D eigenvalue weighted by Gasteiger charge is -2.19. The number of aliphatic hydroxyl groups is 1. The van der Waals surface area contributed by atoms with Crippen molar-refractivity contribution >= 4 is 101 Å². The molecule has 0 aromatic heterocycles. The minimum absolute atomic E-state index is 0.0255. The second kappa shape index (κ2) is 105. The predicted molar refractivity (Wildman–Crippen MR) is 518 cm³/mol. The van der Waals surface area contributed by atoms with E-state index in [1.54, 1.807) is 0 Å². The van der Waals surface area contributed by atoms with Gasteiger partial charge in [0, 0.05) is 56.4 Å². The number of cyclic esters (lactones) is 1. The van der Waals surface area contributed by atoms with Crippen LogP contribution in [0.25, 0.3) is 0 Å². The molecule has 0 aromatic rings. The van der Waals surface area contributed by atoms with E-state index in [-0.39, 0.29) is 55.6 Å². The molecule has 30 heteroatoms. The van der Waals surface area contributed by atoms with Gasteiger partial charge in [-0.05, 0) is 223 Å². The van der Waals surface area contributed by atoms with Gasteiger partial charge in [0.2, 0.25) is 0 Å². The van der Waals surface area contributed by atoms with Gasteiger partial charge in [-0.3, -0.25) is 46.9 Å². The number of rotatable bonds is 83. The average Bonchev–Trinajstić information content (AvgIpc) is 0.981. The summed E-state index contributed by atoms with van der Waals surface area (Å²) >= 11 is 19.7. The van der Waals surface area contributed by atoms with E-state index < -0.39 is 19.7 Å². The molecule has 0 amide bonds. The molecule has 0 unspecified atom stereocenters. The maximum atomic E-state index is 13.5. The van der Waals surface area contributed by atoms with Crippen molar-refractivity contribution in [1.29, 1.82) is 0 Å². The maximum absolute atomic E-state index is 13.5. The number of ether oxygens (including phenoxy) is 6. The van der Waals surface area contributed by atoms with E-state index in [1.165, 1.54) is 173 Å². The number of carbonyl (C=O) groups excluding carboxylic acids is 6. The Morgan fingerprint density at radius 2 is 0.573 bits per heavy atom. The average molecular weight is 1920 g/mol. The zero-order chi connectivity index (χ0) is 93.1. The largest absolute Gasteiger partial charge is 0.466 e. The number of unbranched alkanes of at least 4 members (excludes halogenated alkanes) is 43. The van der Waals surface area contributed by atoms with Crippen LogP contribution in [0.1, 0.15) is 446 Å². The van der Waals surface area contributed by atoms with Gasteiger partial charge < -0.3 is 58.1 Å². The number of hydrogen-bond acceptors (Lipinski definition) is 23. The molecule has 0 aromatic carbocycles. The molecule has 23 nitrogen and oxygen atoms in total. The lowest BCUT2D eigenvalue weighted by molar-refractivity contribution is -0.144. The van der Waals surface area contributed by atoms with Gasteiger partial charge >= 0.3 is 55.6 Å². The van der Waals surface area contributed by atoms with Crippen LogP contribution in [-0.2, 0) is 89.0 Å². The molecular formula is C94H188Cl4N3O20P3. The monoisotopic (exact) mass is 1910 g/mol. The standard InChI is InChI=1S/C37H74NO7P.C30H58ClO7P.C15H30O3.C6H16N2.C6H10O2.Cl3OP/c1-5-7-9-11-13-15-23-31-42-36(39)28-20-17-25-33-44-46(41,35-27-19-22-30-38(3)4)45-34-26-18-21-29-37(40)43-32-24-16-14-12-10-8-6-2;1-3-5-7-9-11-13-19-25-35-29(32)23-17-15-21-27-37-39(31,34)38-28-22-16-18-24-30(33)36-26-20-14-12-10-8-6-4-2;1-2-3-4-5-6-7-11-14-18-15(17)12-9-8-10-13-16;1-8(2)6-4-3-5-7;7-6-4-2-1-3-5-8-6;1-5(2,3)4/h5-35H2,1-4H3;3-28H2,1-2H3;16H,2-14H2,1H3;3-7H2,1-2H3;1-5H2;. The van der Waals surface area contributed by atoms with Crippen molar-refractivity contribution < 1.29 is 94.1 Å². The van der Waals surface area contributed by atoms with Gasteiger partial charge in [-0.2, -0.15) is 0 Å². The molecule has 1 aliphatic rings. The summed E-state index contributed by atoms with van der Waals surface area (Å²) in [6.07, 6.45) is 65.2. The number of nitrogens with zero attached hydrogens (tertiary/aromatic N) is 2. The molecule has 0 bridgehead atoms. The summed E-state index contributed by atoms with van der Waals surface area (Å²) in [4.78, 5) is 73.7. The van der Waals surface area contributed by atoms with Crippen LogP contribution in [0.5, 0.6) is 0 Å². The Morgan fingerprint density at radius 3 is 0.847 bits per heavy atom. The summed E-state index contributed by atoms with van der Waals surface area (Å²) in [5, 5.41) is 5.37. The fraction of sp³-hybridized carbons (Fsp3) is 0.936. The molecule has 1 fully saturated rings. The van der Waals surface area contributed by atoms with Gasteiger partial charge in [0.15, 0.2) is 0 Å². The Bertz CT molecular complexity index is 2340. The first-order valence-electron chi connectivity index (χ1n) is 49.4. The fourth-order valence-electron chi connectivity index (χ4n) is 12.6. The van der Waals surface area contributed by atoms with Crippen molar-refractivity contribution in [1.82, 2.24) is 9.80 Å².